The lowest BCUT2D eigenvalue weighted by atomic mass is 10.2. The Bertz CT molecular complexity index is 319. The van der Waals surface area contributed by atoms with Crippen LogP contribution in [0.2, 0.25) is 0 Å². The first-order valence-corrected chi connectivity index (χ1v) is 5.23. The maximum atomic E-state index is 11.6. The van der Waals surface area contributed by atoms with Crippen LogP contribution in [-0.2, 0) is 0 Å². The van der Waals surface area contributed by atoms with Crippen molar-refractivity contribution >= 4 is 11.7 Å². The van der Waals surface area contributed by atoms with Crippen LogP contribution in [0.25, 0.3) is 0 Å². The van der Waals surface area contributed by atoms with Crippen molar-refractivity contribution in [2.45, 2.75) is 20.3 Å². The molecule has 15 heavy (non-hydrogen) atoms. The predicted octanol–water partition coefficient (Wildman–Crippen LogP) is 2.55. The summed E-state index contributed by atoms with van der Waals surface area (Å²) >= 11 is 0. The maximum absolute atomic E-state index is 11.6. The van der Waals surface area contributed by atoms with Gasteiger partial charge in [0.15, 0.2) is 0 Å². The minimum absolute atomic E-state index is 0.0549. The molecular weight excluding hydrogens is 188 g/mol. The second-order valence-corrected chi connectivity index (χ2v) is 3.63. The average molecular weight is 206 g/mol. The maximum Gasteiger partial charge on any atom is 0.321 e. The molecule has 3 nitrogen and oxygen atoms in total. The summed E-state index contributed by atoms with van der Waals surface area (Å²) in [5.74, 6) is 0. The fraction of sp³-hybridized carbons (Fsp3) is 0.417. The Morgan fingerprint density at radius 2 is 1.93 bits per heavy atom. The van der Waals surface area contributed by atoms with Gasteiger partial charge in [-0.05, 0) is 25.5 Å². The molecule has 82 valence electrons. The zero-order valence-electron chi connectivity index (χ0n) is 9.58. The fourth-order valence-electron chi connectivity index (χ4n) is 1.24. The number of carbonyl (C=O) groups excluding carboxylic acids is 1. The molecule has 0 heterocycles. The van der Waals surface area contributed by atoms with Gasteiger partial charge in [0.2, 0.25) is 0 Å². The van der Waals surface area contributed by atoms with Crippen LogP contribution in [0.5, 0.6) is 0 Å². The van der Waals surface area contributed by atoms with Gasteiger partial charge >= 0.3 is 6.03 Å². The fourth-order valence-corrected chi connectivity index (χ4v) is 1.24. The minimum atomic E-state index is -0.0549. The van der Waals surface area contributed by atoms with Crippen molar-refractivity contribution in [3.8, 4) is 0 Å². The van der Waals surface area contributed by atoms with Crippen molar-refractivity contribution in [1.29, 1.82) is 0 Å². The summed E-state index contributed by atoms with van der Waals surface area (Å²) < 4.78 is 0. The number of benzene rings is 1. The molecule has 0 aliphatic carbocycles. The average Bonchev–Trinajstić information content (AvgIpc) is 2.26. The second kappa shape index (κ2) is 5.39. The summed E-state index contributed by atoms with van der Waals surface area (Å²) in [5, 5.41) is 2.83. The molecule has 1 aromatic rings. The van der Waals surface area contributed by atoms with Gasteiger partial charge in [-0.3, -0.25) is 4.90 Å². The zero-order valence-corrected chi connectivity index (χ0v) is 9.58. The highest BCUT2D eigenvalue weighted by atomic mass is 16.2. The van der Waals surface area contributed by atoms with E-state index in [1.165, 1.54) is 5.56 Å². The van der Waals surface area contributed by atoms with Crippen LogP contribution in [0.3, 0.4) is 0 Å². The van der Waals surface area contributed by atoms with Crippen molar-refractivity contribution in [1.82, 2.24) is 5.32 Å². The van der Waals surface area contributed by atoms with Crippen LogP contribution in [0.4, 0.5) is 10.5 Å². The van der Waals surface area contributed by atoms with E-state index in [1.807, 2.05) is 38.1 Å². The molecule has 0 spiro atoms. The Morgan fingerprint density at radius 1 is 1.33 bits per heavy atom. The lowest BCUT2D eigenvalue weighted by Gasteiger charge is -2.17. The quantitative estimate of drug-likeness (QED) is 0.810. The van der Waals surface area contributed by atoms with E-state index in [1.54, 1.807) is 11.9 Å². The molecule has 0 radical (unpaired) electrons. The van der Waals surface area contributed by atoms with Gasteiger partial charge < -0.3 is 5.32 Å². The molecule has 0 fully saturated rings. The number of rotatable bonds is 3. The summed E-state index contributed by atoms with van der Waals surface area (Å²) in [6.45, 7) is 4.78. The third-order valence-corrected chi connectivity index (χ3v) is 2.25. The number of nitrogens with zero attached hydrogens (tertiary/aromatic N) is 1. The Kier molecular flexibility index (Phi) is 4.16. The summed E-state index contributed by atoms with van der Waals surface area (Å²) in [6.07, 6.45) is 0.952. The number of anilines is 1. The highest BCUT2D eigenvalue weighted by Gasteiger charge is 2.08. The Hall–Kier alpha value is -1.51. The predicted molar refractivity (Wildman–Crippen MR) is 63.3 cm³/mol. The van der Waals surface area contributed by atoms with Gasteiger partial charge in [0, 0.05) is 19.3 Å². The number of amides is 2. The summed E-state index contributed by atoms with van der Waals surface area (Å²) in [5.41, 5.74) is 2.11. The largest absolute Gasteiger partial charge is 0.338 e. The van der Waals surface area contributed by atoms with E-state index in [-0.39, 0.29) is 6.03 Å². The Labute approximate surface area is 91.1 Å². The first-order chi connectivity index (χ1) is 7.15. The van der Waals surface area contributed by atoms with Gasteiger partial charge in [-0.25, -0.2) is 4.79 Å². The molecular formula is C12H18N2O. The van der Waals surface area contributed by atoms with Gasteiger partial charge in [-0.1, -0.05) is 24.6 Å². The molecule has 0 saturated carbocycles. The Morgan fingerprint density at radius 3 is 2.47 bits per heavy atom. The third kappa shape index (κ3) is 3.27. The molecule has 0 aliphatic rings. The van der Waals surface area contributed by atoms with E-state index in [0.29, 0.717) is 0 Å². The van der Waals surface area contributed by atoms with Crippen molar-refractivity contribution < 1.29 is 4.79 Å². The number of urea groups is 1. The third-order valence-electron chi connectivity index (χ3n) is 2.25. The number of nitrogens with one attached hydrogen (secondary N) is 1. The first kappa shape index (κ1) is 11.6. The monoisotopic (exact) mass is 206 g/mol. The van der Waals surface area contributed by atoms with Crippen molar-refractivity contribution in [2.75, 3.05) is 18.5 Å². The van der Waals surface area contributed by atoms with E-state index in [9.17, 15) is 4.79 Å². The smallest absolute Gasteiger partial charge is 0.321 e. The van der Waals surface area contributed by atoms with Crippen LogP contribution in [0.15, 0.2) is 24.3 Å². The van der Waals surface area contributed by atoms with Crippen LogP contribution in [-0.4, -0.2) is 19.6 Å². The zero-order chi connectivity index (χ0) is 11.3. The molecule has 1 aromatic carbocycles. The van der Waals surface area contributed by atoms with Crippen LogP contribution in [0, 0.1) is 6.92 Å². The molecule has 3 heteroatoms. The Balaban J connectivity index is 2.63. The SMILES string of the molecule is CCCNC(=O)N(C)c1ccc(C)cc1. The van der Waals surface area contributed by atoms with Gasteiger partial charge in [-0.15, -0.1) is 0 Å². The topological polar surface area (TPSA) is 32.3 Å². The van der Waals surface area contributed by atoms with Crippen LogP contribution >= 0.6 is 0 Å². The normalized spacial score (nSPS) is 9.80. The van der Waals surface area contributed by atoms with Crippen molar-refractivity contribution in [3.05, 3.63) is 29.8 Å². The first-order valence-electron chi connectivity index (χ1n) is 5.23. The molecule has 0 aromatic heterocycles. The summed E-state index contributed by atoms with van der Waals surface area (Å²) in [6, 6.07) is 7.83. The van der Waals surface area contributed by atoms with E-state index in [4.69, 9.17) is 0 Å². The van der Waals surface area contributed by atoms with Crippen LogP contribution in [0.1, 0.15) is 18.9 Å². The number of aryl methyl sites for hydroxylation is 1. The lowest BCUT2D eigenvalue weighted by molar-refractivity contribution is 0.247. The molecule has 0 aliphatic heterocycles. The second-order valence-electron chi connectivity index (χ2n) is 3.63. The molecule has 1 N–H and O–H groups in total. The number of hydrogen-bond donors (Lipinski definition) is 1. The van der Waals surface area contributed by atoms with Gasteiger partial charge in [0.05, 0.1) is 0 Å². The highest BCUT2D eigenvalue weighted by molar-refractivity contribution is 5.91. The molecule has 0 saturated heterocycles. The lowest BCUT2D eigenvalue weighted by Crippen LogP contribution is -2.37. The van der Waals surface area contributed by atoms with Crippen LogP contribution < -0.4 is 10.2 Å². The molecule has 0 bridgehead atoms. The molecule has 0 atom stereocenters. The summed E-state index contributed by atoms with van der Waals surface area (Å²) in [4.78, 5) is 13.2. The number of hydrogen-bond acceptors (Lipinski definition) is 1. The standard InChI is InChI=1S/C12H18N2O/c1-4-9-13-12(15)14(3)11-7-5-10(2)6-8-11/h5-8H,4,9H2,1-3H3,(H,13,15). The van der Waals surface area contributed by atoms with Gasteiger partial charge in [0.1, 0.15) is 0 Å². The van der Waals surface area contributed by atoms with Gasteiger partial charge in [-0.2, -0.15) is 0 Å². The highest BCUT2D eigenvalue weighted by Crippen LogP contribution is 2.13. The van der Waals surface area contributed by atoms with E-state index >= 15 is 0 Å². The van der Waals surface area contributed by atoms with Crippen molar-refractivity contribution in [3.63, 3.8) is 0 Å². The van der Waals surface area contributed by atoms with Gasteiger partial charge in [0.25, 0.3) is 0 Å². The summed E-state index contributed by atoms with van der Waals surface area (Å²) in [7, 11) is 1.77. The van der Waals surface area contributed by atoms with E-state index in [0.717, 1.165) is 18.7 Å². The van der Waals surface area contributed by atoms with E-state index in [2.05, 4.69) is 5.32 Å². The van der Waals surface area contributed by atoms with E-state index < -0.39 is 0 Å². The molecule has 1 rings (SSSR count). The molecule has 2 amide bonds. The number of carbonyl (C=O) groups is 1. The minimum Gasteiger partial charge on any atom is -0.338 e. The van der Waals surface area contributed by atoms with Crippen molar-refractivity contribution in [2.24, 2.45) is 0 Å². The molecule has 0 unspecified atom stereocenters.